The van der Waals surface area contributed by atoms with Crippen LogP contribution in [-0.2, 0) is 20.8 Å². The maximum absolute atomic E-state index is 12.9. The summed E-state index contributed by atoms with van der Waals surface area (Å²) in [7, 11) is 0. The number of carbonyl (C=O) groups is 3. The molecule has 3 N–H and O–H groups in total. The second kappa shape index (κ2) is 9.31. The Hall–Kier alpha value is -3.19. The Labute approximate surface area is 185 Å². The number of ketones is 1. The van der Waals surface area contributed by atoms with E-state index >= 15 is 0 Å². The van der Waals surface area contributed by atoms with E-state index in [1.807, 2.05) is 42.5 Å². The Morgan fingerprint density at radius 2 is 1.71 bits per heavy atom. The lowest BCUT2D eigenvalue weighted by Gasteiger charge is -2.32. The lowest BCUT2D eigenvalue weighted by molar-refractivity contribution is -0.138. The Bertz CT molecular complexity index is 1050. The van der Waals surface area contributed by atoms with Gasteiger partial charge in [-0.25, -0.2) is 0 Å². The van der Waals surface area contributed by atoms with Gasteiger partial charge in [-0.05, 0) is 35.9 Å². The number of rotatable bonds is 7. The number of piperidine rings is 1. The molecule has 6 nitrogen and oxygen atoms in total. The summed E-state index contributed by atoms with van der Waals surface area (Å²) >= 11 is 1.76. The lowest BCUT2D eigenvalue weighted by Crippen LogP contribution is -2.50. The molecule has 1 saturated heterocycles. The van der Waals surface area contributed by atoms with Gasteiger partial charge in [-0.2, -0.15) is 0 Å². The van der Waals surface area contributed by atoms with Crippen molar-refractivity contribution in [2.75, 3.05) is 18.0 Å². The van der Waals surface area contributed by atoms with Crippen LogP contribution in [0.25, 0.3) is 10.1 Å². The molecule has 160 valence electrons. The van der Waals surface area contributed by atoms with Gasteiger partial charge in [0.1, 0.15) is 6.04 Å². The molecule has 0 saturated carbocycles. The molecular formula is C24H25N3O3S. The highest BCUT2D eigenvalue weighted by Gasteiger charge is 2.31. The molecule has 2 amide bonds. The smallest absolute Gasteiger partial charge is 0.287 e. The number of nitrogens with zero attached hydrogens (tertiary/aromatic N) is 1. The zero-order chi connectivity index (χ0) is 21.8. The predicted octanol–water partition coefficient (Wildman–Crippen LogP) is 2.90. The van der Waals surface area contributed by atoms with Gasteiger partial charge < -0.3 is 16.0 Å². The van der Waals surface area contributed by atoms with Crippen LogP contribution in [0, 0.1) is 5.92 Å². The monoisotopic (exact) mass is 435 g/mol. The van der Waals surface area contributed by atoms with Crippen LogP contribution in [0.2, 0.25) is 0 Å². The first-order chi connectivity index (χ1) is 15.0. The van der Waals surface area contributed by atoms with Crippen LogP contribution in [0.1, 0.15) is 18.4 Å². The van der Waals surface area contributed by atoms with Crippen molar-refractivity contribution in [1.82, 2.24) is 5.32 Å². The van der Waals surface area contributed by atoms with Crippen molar-refractivity contribution in [3.05, 3.63) is 66.2 Å². The number of nitrogens with one attached hydrogen (secondary N) is 1. The number of primary amides is 1. The Balaban J connectivity index is 1.38. The highest BCUT2D eigenvalue weighted by molar-refractivity contribution is 7.22. The molecule has 0 spiro atoms. The third kappa shape index (κ3) is 4.94. The minimum Gasteiger partial charge on any atom is -0.363 e. The van der Waals surface area contributed by atoms with Gasteiger partial charge in [0, 0.05) is 30.1 Å². The van der Waals surface area contributed by atoms with Crippen LogP contribution < -0.4 is 16.0 Å². The number of anilines is 1. The maximum atomic E-state index is 12.9. The minimum absolute atomic E-state index is 0.188. The van der Waals surface area contributed by atoms with Crippen LogP contribution in [0.5, 0.6) is 0 Å². The summed E-state index contributed by atoms with van der Waals surface area (Å²) in [6, 6.07) is 18.9. The molecule has 1 fully saturated rings. The maximum Gasteiger partial charge on any atom is 0.287 e. The fourth-order valence-electron chi connectivity index (χ4n) is 4.01. The average Bonchev–Trinajstić information content (AvgIpc) is 3.23. The Morgan fingerprint density at radius 1 is 1.03 bits per heavy atom. The topological polar surface area (TPSA) is 92.5 Å². The third-order valence-electron chi connectivity index (χ3n) is 5.75. The van der Waals surface area contributed by atoms with E-state index in [-0.39, 0.29) is 18.2 Å². The summed E-state index contributed by atoms with van der Waals surface area (Å²) in [5, 5.41) is 5.23. The number of nitrogens with two attached hydrogens (primary N) is 1. The first-order valence-electron chi connectivity index (χ1n) is 10.4. The molecule has 0 bridgehead atoms. The minimum atomic E-state index is -1.03. The van der Waals surface area contributed by atoms with Crippen molar-refractivity contribution in [3.63, 3.8) is 0 Å². The molecule has 31 heavy (non-hydrogen) atoms. The van der Waals surface area contributed by atoms with E-state index in [9.17, 15) is 14.4 Å². The van der Waals surface area contributed by atoms with Crippen LogP contribution in [0.15, 0.2) is 60.7 Å². The van der Waals surface area contributed by atoms with Crippen molar-refractivity contribution < 1.29 is 14.4 Å². The highest BCUT2D eigenvalue weighted by atomic mass is 32.1. The molecule has 0 aliphatic carbocycles. The fourth-order valence-corrected chi connectivity index (χ4v) is 5.12. The Morgan fingerprint density at radius 3 is 2.39 bits per heavy atom. The zero-order valence-corrected chi connectivity index (χ0v) is 17.9. The van der Waals surface area contributed by atoms with Crippen molar-refractivity contribution >= 4 is 44.0 Å². The molecule has 1 unspecified atom stereocenters. The average molecular weight is 436 g/mol. The normalized spacial score (nSPS) is 15.5. The molecule has 3 aromatic rings. The molecule has 1 atom stereocenters. The van der Waals surface area contributed by atoms with E-state index < -0.39 is 17.7 Å². The summed E-state index contributed by atoms with van der Waals surface area (Å²) in [5.74, 6) is -2.17. The third-order valence-corrected chi connectivity index (χ3v) is 6.93. The standard InChI is InChI=1S/C24H25N3O3S/c25-23(29)22(28)19(14-16-6-2-1-3-7-16)26-24(30)17-10-12-27(13-11-17)21-15-18-8-4-5-9-20(18)31-21/h1-9,15,17,19H,10-14H2,(H2,25,29)(H,26,30). The van der Waals surface area contributed by atoms with E-state index in [0.717, 1.165) is 18.7 Å². The molecular weight excluding hydrogens is 410 g/mol. The summed E-state index contributed by atoms with van der Waals surface area (Å²) in [4.78, 5) is 39.0. The molecule has 7 heteroatoms. The first-order valence-corrected chi connectivity index (χ1v) is 11.2. The van der Waals surface area contributed by atoms with Gasteiger partial charge >= 0.3 is 0 Å². The summed E-state index contributed by atoms with van der Waals surface area (Å²) in [5.41, 5.74) is 6.08. The number of Topliss-reactive ketones (excluding diaryl/α,β-unsaturated/α-hetero) is 1. The summed E-state index contributed by atoms with van der Waals surface area (Å²) in [6.45, 7) is 1.55. The molecule has 1 aromatic heterocycles. The van der Waals surface area contributed by atoms with Crippen molar-refractivity contribution in [2.45, 2.75) is 25.3 Å². The van der Waals surface area contributed by atoms with Crippen LogP contribution in [-0.4, -0.2) is 36.7 Å². The van der Waals surface area contributed by atoms with E-state index in [1.54, 1.807) is 11.3 Å². The van der Waals surface area contributed by atoms with Crippen LogP contribution in [0.3, 0.4) is 0 Å². The van der Waals surface area contributed by atoms with Gasteiger partial charge in [0.05, 0.1) is 5.00 Å². The van der Waals surface area contributed by atoms with Crippen molar-refractivity contribution in [1.29, 1.82) is 0 Å². The van der Waals surface area contributed by atoms with Gasteiger partial charge in [-0.1, -0.05) is 48.5 Å². The summed E-state index contributed by atoms with van der Waals surface area (Å²) < 4.78 is 1.26. The number of carbonyl (C=O) groups excluding carboxylic acids is 3. The molecule has 0 radical (unpaired) electrons. The van der Waals surface area contributed by atoms with Gasteiger partial charge in [-0.15, -0.1) is 11.3 Å². The number of fused-ring (bicyclic) bond motifs is 1. The molecule has 2 heterocycles. The van der Waals surface area contributed by atoms with E-state index in [4.69, 9.17) is 5.73 Å². The van der Waals surface area contributed by atoms with Crippen LogP contribution in [0.4, 0.5) is 5.00 Å². The van der Waals surface area contributed by atoms with Gasteiger partial charge in [-0.3, -0.25) is 14.4 Å². The number of hydrogen-bond donors (Lipinski definition) is 2. The number of amides is 2. The molecule has 1 aliphatic heterocycles. The number of hydrogen-bond acceptors (Lipinski definition) is 5. The van der Waals surface area contributed by atoms with E-state index in [1.165, 1.54) is 15.1 Å². The first kappa shape index (κ1) is 21.1. The second-order valence-corrected chi connectivity index (χ2v) is 8.93. The quantitative estimate of drug-likeness (QED) is 0.558. The van der Waals surface area contributed by atoms with Crippen molar-refractivity contribution in [3.8, 4) is 0 Å². The van der Waals surface area contributed by atoms with Gasteiger partial charge in [0.15, 0.2) is 0 Å². The van der Waals surface area contributed by atoms with E-state index in [2.05, 4.69) is 28.4 Å². The molecule has 1 aliphatic rings. The fraction of sp³-hybridized carbons (Fsp3) is 0.292. The van der Waals surface area contributed by atoms with Gasteiger partial charge in [0.25, 0.3) is 5.91 Å². The lowest BCUT2D eigenvalue weighted by atomic mass is 9.94. The predicted molar refractivity (Wildman–Crippen MR) is 123 cm³/mol. The van der Waals surface area contributed by atoms with Crippen molar-refractivity contribution in [2.24, 2.45) is 11.7 Å². The highest BCUT2D eigenvalue weighted by Crippen LogP contribution is 2.34. The SMILES string of the molecule is NC(=O)C(=O)C(Cc1ccccc1)NC(=O)C1CCN(c2cc3ccccc3s2)CC1. The largest absolute Gasteiger partial charge is 0.363 e. The van der Waals surface area contributed by atoms with Crippen LogP contribution >= 0.6 is 11.3 Å². The second-order valence-electron chi connectivity index (χ2n) is 7.86. The Kier molecular flexibility index (Phi) is 6.32. The molecule has 2 aromatic carbocycles. The zero-order valence-electron chi connectivity index (χ0n) is 17.1. The number of benzene rings is 2. The number of thiophene rings is 1. The van der Waals surface area contributed by atoms with E-state index in [0.29, 0.717) is 12.8 Å². The van der Waals surface area contributed by atoms with Gasteiger partial charge in [0.2, 0.25) is 11.7 Å². The molecule has 4 rings (SSSR count). The summed E-state index contributed by atoms with van der Waals surface area (Å²) in [6.07, 6.45) is 1.64.